The highest BCUT2D eigenvalue weighted by molar-refractivity contribution is 7.91. The van der Waals surface area contributed by atoms with Gasteiger partial charge in [0.2, 0.25) is 0 Å². The lowest BCUT2D eigenvalue weighted by molar-refractivity contribution is -0.151. The molecule has 1 aliphatic rings. The summed E-state index contributed by atoms with van der Waals surface area (Å²) in [6, 6.07) is 0. The van der Waals surface area contributed by atoms with Crippen LogP contribution in [0.25, 0.3) is 0 Å². The minimum Gasteiger partial charge on any atom is -0.481 e. The van der Waals surface area contributed by atoms with Crippen LogP contribution < -0.4 is 0 Å². The Morgan fingerprint density at radius 2 is 1.94 bits per heavy atom. The molecule has 1 N–H and O–H groups in total. The van der Waals surface area contributed by atoms with Gasteiger partial charge in [0.1, 0.15) is 0 Å². The molecule has 17 heavy (non-hydrogen) atoms. The molecule has 1 atom stereocenters. The van der Waals surface area contributed by atoms with Gasteiger partial charge in [-0.05, 0) is 19.3 Å². The molecule has 8 heteroatoms. The predicted molar refractivity (Wildman–Crippen MR) is 53.2 cm³/mol. The molecule has 0 aromatic carbocycles. The van der Waals surface area contributed by atoms with Gasteiger partial charge in [-0.2, -0.15) is 13.2 Å². The van der Waals surface area contributed by atoms with Crippen LogP contribution in [0.2, 0.25) is 0 Å². The molecule has 1 rings (SSSR count). The van der Waals surface area contributed by atoms with Crippen molar-refractivity contribution >= 4 is 15.8 Å². The average molecular weight is 274 g/mol. The van der Waals surface area contributed by atoms with Crippen LogP contribution in [0.1, 0.15) is 25.7 Å². The molecule has 1 saturated heterocycles. The van der Waals surface area contributed by atoms with Crippen LogP contribution in [-0.4, -0.2) is 37.2 Å². The second-order valence-electron chi connectivity index (χ2n) is 4.40. The van der Waals surface area contributed by atoms with Crippen molar-refractivity contribution in [1.29, 1.82) is 0 Å². The number of alkyl halides is 3. The second-order valence-corrected chi connectivity index (χ2v) is 6.58. The van der Waals surface area contributed by atoms with Gasteiger partial charge in [-0.15, -0.1) is 0 Å². The lowest BCUT2D eigenvalue weighted by atomic mass is 9.82. The molecule has 0 aromatic heterocycles. The number of sulfone groups is 1. The summed E-state index contributed by atoms with van der Waals surface area (Å²) in [7, 11) is -3.43. The van der Waals surface area contributed by atoms with Crippen LogP contribution in [0.4, 0.5) is 13.2 Å². The van der Waals surface area contributed by atoms with Crippen molar-refractivity contribution < 1.29 is 31.5 Å². The van der Waals surface area contributed by atoms with Gasteiger partial charge in [0, 0.05) is 6.42 Å². The highest BCUT2D eigenvalue weighted by atomic mass is 32.2. The molecule has 0 aliphatic carbocycles. The quantitative estimate of drug-likeness (QED) is 0.845. The normalized spacial score (nSPS) is 28.2. The fourth-order valence-corrected chi connectivity index (χ4v) is 4.12. The Balaban J connectivity index is 2.66. The Kier molecular flexibility index (Phi) is 3.75. The van der Waals surface area contributed by atoms with Gasteiger partial charge in [-0.1, -0.05) is 0 Å². The number of halogens is 3. The Morgan fingerprint density at radius 1 is 1.35 bits per heavy atom. The first-order chi connectivity index (χ1) is 7.56. The lowest BCUT2D eigenvalue weighted by Crippen LogP contribution is -2.32. The maximum atomic E-state index is 11.9. The molecule has 1 unspecified atom stereocenters. The monoisotopic (exact) mass is 274 g/mol. The standard InChI is InChI=1S/C9H13F3O4S/c10-9(11,12)3-1-2-8(7(13)14)4-5-17(15,16)6-8/h1-6H2,(H,13,14). The fourth-order valence-electron chi connectivity index (χ4n) is 2.02. The molecule has 1 aliphatic heterocycles. The Morgan fingerprint density at radius 3 is 2.29 bits per heavy atom. The number of rotatable bonds is 4. The number of aliphatic carboxylic acids is 1. The van der Waals surface area contributed by atoms with Gasteiger partial charge in [-0.3, -0.25) is 4.79 Å². The summed E-state index contributed by atoms with van der Waals surface area (Å²) in [5.74, 6) is -2.13. The maximum absolute atomic E-state index is 11.9. The third kappa shape index (κ3) is 3.86. The van der Waals surface area contributed by atoms with Crippen LogP contribution in [0.5, 0.6) is 0 Å². The van der Waals surface area contributed by atoms with Gasteiger partial charge < -0.3 is 5.11 Å². The van der Waals surface area contributed by atoms with Crippen molar-refractivity contribution in [2.75, 3.05) is 11.5 Å². The highest BCUT2D eigenvalue weighted by Crippen LogP contribution is 2.38. The van der Waals surface area contributed by atoms with E-state index in [-0.39, 0.29) is 25.0 Å². The van der Waals surface area contributed by atoms with Crippen LogP contribution in [0, 0.1) is 5.41 Å². The number of hydrogen-bond acceptors (Lipinski definition) is 3. The number of carboxylic acids is 1. The van der Waals surface area contributed by atoms with E-state index in [2.05, 4.69) is 0 Å². The van der Waals surface area contributed by atoms with Gasteiger partial charge in [0.05, 0.1) is 16.9 Å². The molecule has 1 fully saturated rings. The first-order valence-electron chi connectivity index (χ1n) is 5.07. The molecule has 4 nitrogen and oxygen atoms in total. The van der Waals surface area contributed by atoms with E-state index < -0.39 is 39.6 Å². The lowest BCUT2D eigenvalue weighted by Gasteiger charge is -2.22. The number of carboxylic acid groups (broad SMARTS) is 1. The molecule has 0 spiro atoms. The maximum Gasteiger partial charge on any atom is 0.389 e. The van der Waals surface area contributed by atoms with E-state index in [0.29, 0.717) is 0 Å². The zero-order chi connectivity index (χ0) is 13.3. The minimum absolute atomic E-state index is 0.0947. The smallest absolute Gasteiger partial charge is 0.389 e. The van der Waals surface area contributed by atoms with Crippen LogP contribution in [-0.2, 0) is 14.6 Å². The van der Waals surface area contributed by atoms with Crippen molar-refractivity contribution in [3.05, 3.63) is 0 Å². The summed E-state index contributed by atoms with van der Waals surface area (Å²) in [6.07, 6.45) is -6.12. The van der Waals surface area contributed by atoms with Crippen LogP contribution in [0.3, 0.4) is 0 Å². The van der Waals surface area contributed by atoms with Gasteiger partial charge in [-0.25, -0.2) is 8.42 Å². The van der Waals surface area contributed by atoms with E-state index in [1.807, 2.05) is 0 Å². The third-order valence-corrected chi connectivity index (χ3v) is 4.78. The van der Waals surface area contributed by atoms with Gasteiger partial charge >= 0.3 is 12.1 Å². The molecule has 0 amide bonds. The number of carbonyl (C=O) groups is 1. The molecule has 100 valence electrons. The van der Waals surface area contributed by atoms with E-state index in [9.17, 15) is 26.4 Å². The third-order valence-electron chi connectivity index (χ3n) is 2.96. The SMILES string of the molecule is O=C(O)C1(CCCC(F)(F)F)CCS(=O)(=O)C1. The van der Waals surface area contributed by atoms with Gasteiger partial charge in [0.25, 0.3) is 0 Å². The molecule has 0 aromatic rings. The van der Waals surface area contributed by atoms with Crippen molar-refractivity contribution in [2.24, 2.45) is 5.41 Å². The summed E-state index contributed by atoms with van der Waals surface area (Å²) in [5.41, 5.74) is -1.52. The molecule has 0 radical (unpaired) electrons. The molecular formula is C9H13F3O4S. The highest BCUT2D eigenvalue weighted by Gasteiger charge is 2.48. The summed E-state index contributed by atoms with van der Waals surface area (Å²) in [4.78, 5) is 11.0. The van der Waals surface area contributed by atoms with E-state index in [0.717, 1.165) is 0 Å². The molecule has 1 heterocycles. The van der Waals surface area contributed by atoms with E-state index in [1.165, 1.54) is 0 Å². The minimum atomic E-state index is -4.34. The van der Waals surface area contributed by atoms with Crippen molar-refractivity contribution in [2.45, 2.75) is 31.9 Å². The van der Waals surface area contributed by atoms with Crippen molar-refractivity contribution in [3.8, 4) is 0 Å². The fraction of sp³-hybridized carbons (Fsp3) is 0.889. The van der Waals surface area contributed by atoms with E-state index in [1.54, 1.807) is 0 Å². The summed E-state index contributed by atoms with van der Waals surface area (Å²) >= 11 is 0. The van der Waals surface area contributed by atoms with E-state index in [4.69, 9.17) is 5.11 Å². The predicted octanol–water partition coefficient (Wildman–Crippen LogP) is 1.61. The summed E-state index contributed by atoms with van der Waals surface area (Å²) in [5, 5.41) is 8.98. The first-order valence-corrected chi connectivity index (χ1v) is 6.89. The zero-order valence-electron chi connectivity index (χ0n) is 8.96. The Labute approximate surface area is 96.7 Å². The molecular weight excluding hydrogens is 261 g/mol. The summed E-state index contributed by atoms with van der Waals surface area (Å²) in [6.45, 7) is 0. The topological polar surface area (TPSA) is 71.4 Å². The largest absolute Gasteiger partial charge is 0.481 e. The Bertz CT molecular complexity index is 401. The van der Waals surface area contributed by atoms with Gasteiger partial charge in [0.15, 0.2) is 9.84 Å². The van der Waals surface area contributed by atoms with E-state index >= 15 is 0 Å². The Hall–Kier alpha value is -0.790. The second kappa shape index (κ2) is 4.47. The van der Waals surface area contributed by atoms with Crippen molar-refractivity contribution in [1.82, 2.24) is 0 Å². The number of hydrogen-bond donors (Lipinski definition) is 1. The molecule has 0 saturated carbocycles. The first kappa shape index (κ1) is 14.3. The van der Waals surface area contributed by atoms with Crippen LogP contribution in [0.15, 0.2) is 0 Å². The summed E-state index contributed by atoms with van der Waals surface area (Å²) < 4.78 is 58.3. The van der Waals surface area contributed by atoms with Crippen LogP contribution >= 0.6 is 0 Å². The average Bonchev–Trinajstić information content (AvgIpc) is 2.41. The molecule has 0 bridgehead atoms. The zero-order valence-corrected chi connectivity index (χ0v) is 9.77. The van der Waals surface area contributed by atoms with Crippen molar-refractivity contribution in [3.63, 3.8) is 0 Å².